The summed E-state index contributed by atoms with van der Waals surface area (Å²) in [6.45, 7) is 0. The molecule has 0 saturated heterocycles. The third-order valence-electron chi connectivity index (χ3n) is 1.34. The van der Waals surface area contributed by atoms with Crippen LogP contribution in [0.25, 0.3) is 0 Å². The standard InChI is InChI=1S/C7H3F4IO/c8-6-4(12)1-3(2-5(6)13)7(9,10)11/h1-2,13H. The summed E-state index contributed by atoms with van der Waals surface area (Å²) in [5.74, 6) is -2.02. The Kier molecular flexibility index (Phi) is 2.69. The summed E-state index contributed by atoms with van der Waals surface area (Å²) in [5, 5.41) is 8.76. The average molecular weight is 306 g/mol. The topological polar surface area (TPSA) is 20.2 Å². The number of hydrogen-bond acceptors (Lipinski definition) is 1. The van der Waals surface area contributed by atoms with E-state index in [-0.39, 0.29) is 3.57 Å². The Morgan fingerprint density at radius 1 is 1.23 bits per heavy atom. The number of rotatable bonds is 0. The van der Waals surface area contributed by atoms with E-state index in [1.165, 1.54) is 22.6 Å². The Hall–Kier alpha value is -0.530. The van der Waals surface area contributed by atoms with E-state index in [0.717, 1.165) is 0 Å². The summed E-state index contributed by atoms with van der Waals surface area (Å²) >= 11 is 1.38. The fourth-order valence-corrected chi connectivity index (χ4v) is 1.35. The summed E-state index contributed by atoms with van der Waals surface area (Å²) in [6.07, 6.45) is -4.56. The Morgan fingerprint density at radius 2 is 1.77 bits per heavy atom. The van der Waals surface area contributed by atoms with Gasteiger partial charge in [0.1, 0.15) is 0 Å². The molecule has 0 amide bonds. The molecule has 0 unspecified atom stereocenters. The van der Waals surface area contributed by atoms with E-state index in [1.54, 1.807) is 0 Å². The van der Waals surface area contributed by atoms with Crippen LogP contribution < -0.4 is 0 Å². The molecule has 0 aromatic heterocycles. The van der Waals surface area contributed by atoms with Gasteiger partial charge in [0.25, 0.3) is 0 Å². The zero-order valence-electron chi connectivity index (χ0n) is 5.99. The summed E-state index contributed by atoms with van der Waals surface area (Å²) < 4.78 is 48.5. The van der Waals surface area contributed by atoms with Crippen molar-refractivity contribution in [2.75, 3.05) is 0 Å². The number of aromatic hydroxyl groups is 1. The van der Waals surface area contributed by atoms with Gasteiger partial charge in [0.15, 0.2) is 11.6 Å². The molecule has 0 atom stereocenters. The number of phenolic OH excluding ortho intramolecular Hbond substituents is 1. The first kappa shape index (κ1) is 10.6. The fraction of sp³-hybridized carbons (Fsp3) is 0.143. The van der Waals surface area contributed by atoms with Gasteiger partial charge in [-0.25, -0.2) is 4.39 Å². The van der Waals surface area contributed by atoms with Crippen LogP contribution >= 0.6 is 22.6 Å². The van der Waals surface area contributed by atoms with Crippen LogP contribution in [-0.4, -0.2) is 5.11 Å². The van der Waals surface area contributed by atoms with Crippen molar-refractivity contribution in [3.63, 3.8) is 0 Å². The number of halogens is 5. The molecule has 0 radical (unpaired) electrons. The van der Waals surface area contributed by atoms with Crippen LogP contribution in [0.2, 0.25) is 0 Å². The van der Waals surface area contributed by atoms with Gasteiger partial charge in [0.05, 0.1) is 9.13 Å². The lowest BCUT2D eigenvalue weighted by Gasteiger charge is -2.08. The average Bonchev–Trinajstić information content (AvgIpc) is 1.97. The van der Waals surface area contributed by atoms with E-state index in [1.807, 2.05) is 0 Å². The summed E-state index contributed by atoms with van der Waals surface area (Å²) in [6, 6.07) is 0.993. The minimum atomic E-state index is -4.56. The highest BCUT2D eigenvalue weighted by atomic mass is 127. The first-order valence-electron chi connectivity index (χ1n) is 3.07. The molecule has 1 nitrogen and oxygen atoms in total. The zero-order valence-corrected chi connectivity index (χ0v) is 8.15. The van der Waals surface area contributed by atoms with Crippen LogP contribution in [0.4, 0.5) is 17.6 Å². The molecule has 1 rings (SSSR count). The monoisotopic (exact) mass is 306 g/mol. The largest absolute Gasteiger partial charge is 0.505 e. The number of phenols is 1. The highest BCUT2D eigenvalue weighted by Crippen LogP contribution is 2.34. The maximum atomic E-state index is 12.7. The highest BCUT2D eigenvalue weighted by molar-refractivity contribution is 14.1. The predicted molar refractivity (Wildman–Crippen MR) is 45.8 cm³/mol. The molecule has 1 aromatic carbocycles. The van der Waals surface area contributed by atoms with Gasteiger partial charge in [0.2, 0.25) is 0 Å². The molecule has 0 spiro atoms. The molecule has 0 bridgehead atoms. The molecule has 0 aliphatic rings. The van der Waals surface area contributed by atoms with Gasteiger partial charge in [0, 0.05) is 0 Å². The molecule has 0 aliphatic heterocycles. The maximum Gasteiger partial charge on any atom is 0.416 e. The van der Waals surface area contributed by atoms with E-state index >= 15 is 0 Å². The molecule has 1 N–H and O–H groups in total. The second-order valence-electron chi connectivity index (χ2n) is 2.29. The van der Waals surface area contributed by atoms with Crippen molar-refractivity contribution in [2.24, 2.45) is 0 Å². The molecule has 0 saturated carbocycles. The molecule has 1 aromatic rings. The molecule has 0 aliphatic carbocycles. The smallest absolute Gasteiger partial charge is 0.416 e. The van der Waals surface area contributed by atoms with Crippen molar-refractivity contribution < 1.29 is 22.7 Å². The fourth-order valence-electron chi connectivity index (χ4n) is 0.738. The van der Waals surface area contributed by atoms with E-state index in [2.05, 4.69) is 0 Å². The van der Waals surface area contributed by atoms with Crippen molar-refractivity contribution in [3.8, 4) is 5.75 Å². The quantitative estimate of drug-likeness (QED) is 0.577. The molecular formula is C7H3F4IO. The molecular weight excluding hydrogens is 303 g/mol. The van der Waals surface area contributed by atoms with Crippen molar-refractivity contribution in [1.82, 2.24) is 0 Å². The van der Waals surface area contributed by atoms with Crippen LogP contribution in [0.15, 0.2) is 12.1 Å². The third kappa shape index (κ3) is 2.23. The van der Waals surface area contributed by atoms with Gasteiger partial charge in [-0.2, -0.15) is 13.2 Å². The second kappa shape index (κ2) is 3.32. The number of benzene rings is 1. The Bertz CT molecular complexity index is 311. The zero-order chi connectivity index (χ0) is 10.2. The van der Waals surface area contributed by atoms with Crippen LogP contribution in [0.3, 0.4) is 0 Å². The van der Waals surface area contributed by atoms with Gasteiger partial charge in [-0.15, -0.1) is 0 Å². The maximum absolute atomic E-state index is 12.7. The summed E-state index contributed by atoms with van der Waals surface area (Å²) in [4.78, 5) is 0. The van der Waals surface area contributed by atoms with Gasteiger partial charge in [-0.1, -0.05) is 0 Å². The minimum Gasteiger partial charge on any atom is -0.505 e. The van der Waals surface area contributed by atoms with Gasteiger partial charge >= 0.3 is 6.18 Å². The van der Waals surface area contributed by atoms with Crippen molar-refractivity contribution >= 4 is 22.6 Å². The van der Waals surface area contributed by atoms with Crippen LogP contribution in [0.1, 0.15) is 5.56 Å². The van der Waals surface area contributed by atoms with Crippen molar-refractivity contribution in [2.45, 2.75) is 6.18 Å². The Morgan fingerprint density at radius 3 is 2.15 bits per heavy atom. The van der Waals surface area contributed by atoms with Crippen LogP contribution in [-0.2, 0) is 6.18 Å². The van der Waals surface area contributed by atoms with Gasteiger partial charge < -0.3 is 5.11 Å². The molecule has 13 heavy (non-hydrogen) atoms. The van der Waals surface area contributed by atoms with Gasteiger partial charge in [-0.05, 0) is 34.7 Å². The first-order chi connectivity index (χ1) is 5.82. The minimum absolute atomic E-state index is 0.259. The Labute approximate surface area is 84.5 Å². The second-order valence-corrected chi connectivity index (χ2v) is 3.45. The number of hydrogen-bond donors (Lipinski definition) is 1. The lowest BCUT2D eigenvalue weighted by atomic mass is 10.2. The molecule has 72 valence electrons. The highest BCUT2D eigenvalue weighted by Gasteiger charge is 2.32. The van der Waals surface area contributed by atoms with E-state index in [9.17, 15) is 17.6 Å². The Balaban J connectivity index is 3.29. The van der Waals surface area contributed by atoms with E-state index in [4.69, 9.17) is 5.11 Å². The van der Waals surface area contributed by atoms with E-state index < -0.39 is 23.3 Å². The summed E-state index contributed by atoms with van der Waals surface area (Å²) in [7, 11) is 0. The van der Waals surface area contributed by atoms with Gasteiger partial charge in [-0.3, -0.25) is 0 Å². The van der Waals surface area contributed by atoms with Crippen LogP contribution in [0.5, 0.6) is 5.75 Å². The van der Waals surface area contributed by atoms with E-state index in [0.29, 0.717) is 12.1 Å². The number of alkyl halides is 3. The first-order valence-corrected chi connectivity index (χ1v) is 4.15. The molecule has 0 heterocycles. The summed E-state index contributed by atoms with van der Waals surface area (Å²) in [5.41, 5.74) is -1.06. The lowest BCUT2D eigenvalue weighted by Crippen LogP contribution is -2.05. The SMILES string of the molecule is Oc1cc(C(F)(F)F)cc(I)c1F. The molecule has 6 heteroatoms. The third-order valence-corrected chi connectivity index (χ3v) is 2.12. The molecule has 0 fully saturated rings. The predicted octanol–water partition coefficient (Wildman–Crippen LogP) is 3.15. The van der Waals surface area contributed by atoms with Crippen molar-refractivity contribution in [1.29, 1.82) is 0 Å². The van der Waals surface area contributed by atoms with Crippen LogP contribution in [0, 0.1) is 9.39 Å². The normalized spacial score (nSPS) is 11.8. The lowest BCUT2D eigenvalue weighted by molar-refractivity contribution is -0.137. The van der Waals surface area contributed by atoms with Crippen molar-refractivity contribution in [3.05, 3.63) is 27.1 Å².